The summed E-state index contributed by atoms with van der Waals surface area (Å²) in [5.41, 5.74) is -0.357. The number of rotatable bonds is 6. The number of sulfone groups is 1. The minimum absolute atomic E-state index is 0.0193. The van der Waals surface area contributed by atoms with Gasteiger partial charge in [0.2, 0.25) is 11.9 Å². The van der Waals surface area contributed by atoms with Gasteiger partial charge in [0.15, 0.2) is 21.4 Å². The topological polar surface area (TPSA) is 111 Å². The lowest BCUT2D eigenvalue weighted by molar-refractivity contribution is -0.132. The summed E-state index contributed by atoms with van der Waals surface area (Å²) in [5.74, 6) is -2.16. The number of likely N-dealkylation sites (tertiary alicyclic amines) is 1. The van der Waals surface area contributed by atoms with E-state index in [1.54, 1.807) is 17.3 Å². The monoisotopic (exact) mass is 578 g/mol. The van der Waals surface area contributed by atoms with E-state index < -0.39 is 56.5 Å². The molecule has 2 aromatic rings. The zero-order valence-corrected chi connectivity index (χ0v) is 24.0. The summed E-state index contributed by atoms with van der Waals surface area (Å²) in [6.07, 6.45) is 4.94. The highest BCUT2D eigenvalue weighted by atomic mass is 32.2. The minimum Gasteiger partial charge on any atom is -0.483 e. The van der Waals surface area contributed by atoms with Gasteiger partial charge in [0.25, 0.3) is 0 Å². The van der Waals surface area contributed by atoms with E-state index in [2.05, 4.69) is 9.97 Å². The van der Waals surface area contributed by atoms with Gasteiger partial charge in [-0.3, -0.25) is 4.79 Å². The summed E-state index contributed by atoms with van der Waals surface area (Å²) < 4.78 is 71.3. The van der Waals surface area contributed by atoms with Crippen LogP contribution in [0.5, 0.6) is 5.75 Å². The van der Waals surface area contributed by atoms with Gasteiger partial charge >= 0.3 is 7.12 Å². The van der Waals surface area contributed by atoms with E-state index >= 15 is 0 Å². The van der Waals surface area contributed by atoms with Gasteiger partial charge in [-0.15, -0.1) is 0 Å². The van der Waals surface area contributed by atoms with E-state index in [0.29, 0.717) is 49.8 Å². The Bertz CT molecular complexity index is 1390. The van der Waals surface area contributed by atoms with E-state index in [4.69, 9.17) is 14.0 Å². The third kappa shape index (κ3) is 5.40. The van der Waals surface area contributed by atoms with Crippen molar-refractivity contribution in [3.05, 3.63) is 36.2 Å². The second-order valence-electron chi connectivity index (χ2n) is 11.5. The number of anilines is 1. The van der Waals surface area contributed by atoms with Crippen LogP contribution in [0.4, 0.5) is 14.7 Å². The van der Waals surface area contributed by atoms with Crippen LogP contribution >= 0.6 is 0 Å². The number of benzene rings is 1. The first kappa shape index (κ1) is 28.7. The van der Waals surface area contributed by atoms with Crippen LogP contribution in [-0.4, -0.2) is 85.5 Å². The van der Waals surface area contributed by atoms with Crippen LogP contribution < -0.4 is 15.1 Å². The van der Waals surface area contributed by atoms with Crippen LogP contribution in [0.25, 0.3) is 0 Å². The lowest BCUT2D eigenvalue weighted by Crippen LogP contribution is -2.57. The van der Waals surface area contributed by atoms with Gasteiger partial charge in [-0.25, -0.2) is 27.2 Å². The maximum atomic E-state index is 14.9. The molecule has 3 aliphatic rings. The first-order valence-electron chi connectivity index (χ1n) is 13.2. The molecule has 1 unspecified atom stereocenters. The van der Waals surface area contributed by atoms with E-state index in [9.17, 15) is 22.0 Å². The van der Waals surface area contributed by atoms with Crippen LogP contribution in [0.15, 0.2) is 29.4 Å². The van der Waals surface area contributed by atoms with Crippen molar-refractivity contribution in [3.8, 4) is 5.75 Å². The quantitative estimate of drug-likeness (QED) is 0.476. The van der Waals surface area contributed by atoms with E-state index in [-0.39, 0.29) is 18.5 Å². The minimum atomic E-state index is -3.97. The molecule has 10 nitrogen and oxygen atoms in total. The maximum absolute atomic E-state index is 14.9. The average Bonchev–Trinajstić information content (AvgIpc) is 3.39. The molecule has 3 fully saturated rings. The summed E-state index contributed by atoms with van der Waals surface area (Å²) >= 11 is 0. The highest BCUT2D eigenvalue weighted by Gasteiger charge is 2.52. The smallest absolute Gasteiger partial charge is 0.483 e. The Morgan fingerprint density at radius 2 is 1.70 bits per heavy atom. The summed E-state index contributed by atoms with van der Waals surface area (Å²) in [6.45, 7) is 9.09. The summed E-state index contributed by atoms with van der Waals surface area (Å²) in [4.78, 5) is 24.4. The van der Waals surface area contributed by atoms with Gasteiger partial charge in [0.05, 0.1) is 23.8 Å². The summed E-state index contributed by atoms with van der Waals surface area (Å²) in [5, 5.41) is 0. The highest BCUT2D eigenvalue weighted by Crippen LogP contribution is 2.36. The Balaban J connectivity index is 1.38. The number of halogens is 2. The molecule has 0 bridgehead atoms. The molecule has 216 valence electrons. The number of carbonyl (C=O) groups is 1. The van der Waals surface area contributed by atoms with Crippen molar-refractivity contribution in [2.45, 2.75) is 75.2 Å². The molecule has 0 aliphatic carbocycles. The number of carbonyl (C=O) groups excluding carboxylic acids is 1. The van der Waals surface area contributed by atoms with Crippen molar-refractivity contribution < 1.29 is 36.0 Å². The molecule has 0 N–H and O–H groups in total. The Hall–Kier alpha value is -2.84. The lowest BCUT2D eigenvalue weighted by Gasteiger charge is -2.42. The molecule has 3 aliphatic heterocycles. The number of amides is 1. The number of nitrogens with zero attached hydrogens (tertiary/aromatic N) is 4. The number of piperidine rings is 1. The summed E-state index contributed by atoms with van der Waals surface area (Å²) in [6, 6.07) is 0.977. The first-order chi connectivity index (χ1) is 18.7. The number of aromatic nitrogens is 2. The number of ether oxygens (including phenoxy) is 1. The van der Waals surface area contributed by atoms with Crippen LogP contribution in [0.1, 0.15) is 47.0 Å². The predicted molar refractivity (Wildman–Crippen MR) is 143 cm³/mol. The standard InChI is InChI=1S/C26H33BF2N4O6S/c1-25(2)26(3,4)39-27(38-25)16-13-30-24(31-14-16)32-10-8-19(33-9-6-7-23(33)34)21(15-32)37-20-11-18(29)22(12-17(20)28)40(5,35)36/h11-14,19,21H,6-10,15H2,1-5H3/t19?,21-/m1/s1. The first-order valence-corrected chi connectivity index (χ1v) is 15.1. The molecule has 2 atom stereocenters. The van der Waals surface area contributed by atoms with Crippen molar-refractivity contribution in [2.75, 3.05) is 30.8 Å². The van der Waals surface area contributed by atoms with Gasteiger partial charge < -0.3 is 23.8 Å². The van der Waals surface area contributed by atoms with Crippen LogP contribution in [0, 0.1) is 11.6 Å². The third-order valence-electron chi connectivity index (χ3n) is 8.17. The van der Waals surface area contributed by atoms with Crippen LogP contribution in [0.2, 0.25) is 0 Å². The van der Waals surface area contributed by atoms with Crippen molar-refractivity contribution in [1.29, 1.82) is 0 Å². The molecule has 0 spiro atoms. The Morgan fingerprint density at radius 3 is 2.27 bits per heavy atom. The van der Waals surface area contributed by atoms with E-state index in [0.717, 1.165) is 12.3 Å². The van der Waals surface area contributed by atoms with Gasteiger partial charge in [0.1, 0.15) is 16.8 Å². The van der Waals surface area contributed by atoms with E-state index in [1.807, 2.05) is 32.6 Å². The molecule has 1 aromatic heterocycles. The van der Waals surface area contributed by atoms with Gasteiger partial charge in [0, 0.05) is 49.7 Å². The zero-order chi connectivity index (χ0) is 29.0. The molecular formula is C26H33BF2N4O6S. The highest BCUT2D eigenvalue weighted by molar-refractivity contribution is 7.90. The van der Waals surface area contributed by atoms with Crippen molar-refractivity contribution in [1.82, 2.24) is 14.9 Å². The van der Waals surface area contributed by atoms with Gasteiger partial charge in [-0.1, -0.05) is 0 Å². The molecule has 14 heteroatoms. The Morgan fingerprint density at radius 1 is 1.05 bits per heavy atom. The normalized spacial score (nSPS) is 24.6. The number of hydrogen-bond acceptors (Lipinski definition) is 9. The Kier molecular flexibility index (Phi) is 7.33. The molecule has 4 heterocycles. The fourth-order valence-corrected chi connectivity index (χ4v) is 5.95. The molecule has 0 saturated carbocycles. The fourth-order valence-electron chi connectivity index (χ4n) is 5.22. The molecule has 3 saturated heterocycles. The summed E-state index contributed by atoms with van der Waals surface area (Å²) in [7, 11) is -4.59. The second kappa shape index (κ2) is 10.2. The molecule has 1 aromatic carbocycles. The molecule has 1 amide bonds. The molecule has 40 heavy (non-hydrogen) atoms. The third-order valence-corrected chi connectivity index (χ3v) is 9.28. The maximum Gasteiger partial charge on any atom is 0.498 e. The number of hydrogen-bond donors (Lipinski definition) is 0. The molecule has 5 rings (SSSR count). The largest absolute Gasteiger partial charge is 0.498 e. The van der Waals surface area contributed by atoms with Crippen LogP contribution in [-0.2, 0) is 23.9 Å². The average molecular weight is 578 g/mol. The van der Waals surface area contributed by atoms with E-state index in [1.165, 1.54) is 0 Å². The van der Waals surface area contributed by atoms with Crippen molar-refractivity contribution in [2.24, 2.45) is 0 Å². The second-order valence-corrected chi connectivity index (χ2v) is 13.5. The Labute approximate surface area is 233 Å². The van der Waals surface area contributed by atoms with Crippen molar-refractivity contribution >= 4 is 34.3 Å². The predicted octanol–water partition coefficient (Wildman–Crippen LogP) is 2.11. The zero-order valence-electron chi connectivity index (χ0n) is 23.2. The van der Waals surface area contributed by atoms with Gasteiger partial charge in [-0.05, 0) is 46.6 Å². The van der Waals surface area contributed by atoms with Gasteiger partial charge in [-0.2, -0.15) is 0 Å². The molecule has 0 radical (unpaired) electrons. The lowest BCUT2D eigenvalue weighted by atomic mass is 9.81. The fraction of sp³-hybridized carbons (Fsp3) is 0.577. The van der Waals surface area contributed by atoms with Crippen LogP contribution in [0.3, 0.4) is 0 Å². The van der Waals surface area contributed by atoms with Crippen molar-refractivity contribution in [3.63, 3.8) is 0 Å². The SMILES string of the molecule is CC1(C)OB(c2cnc(N3CCC(N4CCCC4=O)[C@H](Oc4cc(F)c(S(C)(=O)=O)cc4F)C3)nc2)OC1(C)C. The molecular weight excluding hydrogens is 545 g/mol.